The van der Waals surface area contributed by atoms with Crippen molar-refractivity contribution in [3.05, 3.63) is 157 Å². The first kappa shape index (κ1) is 33.2. The van der Waals surface area contributed by atoms with Crippen LogP contribution >= 0.6 is 0 Å². The molecule has 0 saturated heterocycles. The Kier molecular flexibility index (Phi) is 10.5. The second-order valence-corrected chi connectivity index (χ2v) is 11.1. The van der Waals surface area contributed by atoms with Gasteiger partial charge in [0.15, 0.2) is 0 Å². The Bertz CT molecular complexity index is 1870. The fraction of sp³-hybridized carbons (Fsp3) is 0.0909. The average Bonchev–Trinajstić information content (AvgIpc) is 3.19. The Morgan fingerprint density at radius 1 is 0.300 bits per heavy atom. The highest BCUT2D eigenvalue weighted by Crippen LogP contribution is 2.37. The number of nitrogens with zero attached hydrogens (tertiary/aromatic N) is 2. The summed E-state index contributed by atoms with van der Waals surface area (Å²) in [5.74, 6) is 15.6. The molecule has 6 nitrogen and oxygen atoms in total. The predicted octanol–water partition coefficient (Wildman–Crippen LogP) is 10.1. The second kappa shape index (κ2) is 15.9. The number of anilines is 6. The van der Waals surface area contributed by atoms with Gasteiger partial charge in [-0.1, -0.05) is 11.8 Å². The maximum absolute atomic E-state index is 5.37. The standard InChI is InChI=1S/C44H36N2O4/c1-47-41-25-17-37(18-26-41)45(38-19-27-42(48-2)28-20-38)35-13-9-33(10-14-35)7-5-6-8-34-11-15-36(16-12-34)46(39-21-29-43(49-3)30-22-39)40-23-31-44(50-4)32-24-40/h9-32H,1-4H3. The van der Waals surface area contributed by atoms with Crippen LogP contribution in [0.15, 0.2) is 146 Å². The monoisotopic (exact) mass is 656 g/mol. The van der Waals surface area contributed by atoms with Crippen LogP contribution in [0.5, 0.6) is 23.0 Å². The number of methoxy groups -OCH3 is 4. The first-order valence-electron chi connectivity index (χ1n) is 16.0. The van der Waals surface area contributed by atoms with E-state index < -0.39 is 0 Å². The third-order valence-electron chi connectivity index (χ3n) is 8.05. The summed E-state index contributed by atoms with van der Waals surface area (Å²) in [7, 11) is 6.66. The van der Waals surface area contributed by atoms with Gasteiger partial charge in [-0.2, -0.15) is 0 Å². The summed E-state index contributed by atoms with van der Waals surface area (Å²) in [5.41, 5.74) is 7.75. The van der Waals surface area contributed by atoms with Crippen LogP contribution in [0.2, 0.25) is 0 Å². The molecular formula is C44H36N2O4. The van der Waals surface area contributed by atoms with Gasteiger partial charge < -0.3 is 28.7 Å². The van der Waals surface area contributed by atoms with E-state index in [0.29, 0.717) is 0 Å². The summed E-state index contributed by atoms with van der Waals surface area (Å²) >= 11 is 0. The minimum absolute atomic E-state index is 0.801. The quantitative estimate of drug-likeness (QED) is 0.137. The van der Waals surface area contributed by atoms with Gasteiger partial charge in [-0.25, -0.2) is 0 Å². The normalized spacial score (nSPS) is 10.1. The molecule has 0 fully saturated rings. The van der Waals surface area contributed by atoms with E-state index in [9.17, 15) is 0 Å². The Labute approximate surface area is 294 Å². The van der Waals surface area contributed by atoms with Crippen LogP contribution in [0.1, 0.15) is 11.1 Å². The first-order chi connectivity index (χ1) is 24.6. The number of benzene rings is 6. The van der Waals surface area contributed by atoms with E-state index in [2.05, 4.69) is 57.7 Å². The van der Waals surface area contributed by atoms with Gasteiger partial charge in [-0.3, -0.25) is 0 Å². The van der Waals surface area contributed by atoms with Crippen molar-refractivity contribution in [3.8, 4) is 46.7 Å². The minimum atomic E-state index is 0.801. The van der Waals surface area contributed by atoms with Crippen LogP contribution in [0.4, 0.5) is 34.1 Å². The third kappa shape index (κ3) is 7.85. The second-order valence-electron chi connectivity index (χ2n) is 11.1. The van der Waals surface area contributed by atoms with Gasteiger partial charge in [-0.15, -0.1) is 0 Å². The highest BCUT2D eigenvalue weighted by atomic mass is 16.5. The topological polar surface area (TPSA) is 43.4 Å². The Balaban J connectivity index is 1.20. The summed E-state index contributed by atoms with van der Waals surface area (Å²) in [4.78, 5) is 4.34. The van der Waals surface area contributed by atoms with Crippen LogP contribution in [-0.2, 0) is 0 Å². The summed E-state index contributed by atoms with van der Waals surface area (Å²) in [5, 5.41) is 0. The van der Waals surface area contributed by atoms with E-state index in [1.54, 1.807) is 28.4 Å². The molecule has 0 aliphatic heterocycles. The maximum Gasteiger partial charge on any atom is 0.119 e. The van der Waals surface area contributed by atoms with Gasteiger partial charge >= 0.3 is 0 Å². The molecule has 0 saturated carbocycles. The van der Waals surface area contributed by atoms with E-state index in [1.165, 1.54) is 0 Å². The zero-order valence-electron chi connectivity index (χ0n) is 28.4. The molecule has 0 spiro atoms. The SMILES string of the molecule is COc1ccc(N(c2ccc(C#CC#Cc3ccc(N(c4ccc(OC)cc4)c4ccc(OC)cc4)cc3)cc2)c2ccc(OC)cc2)cc1. The first-order valence-corrected chi connectivity index (χ1v) is 16.0. The summed E-state index contributed by atoms with van der Waals surface area (Å²) in [6, 6.07) is 48.2. The van der Waals surface area contributed by atoms with Crippen molar-refractivity contribution in [3.63, 3.8) is 0 Å². The highest BCUT2D eigenvalue weighted by Gasteiger charge is 2.14. The Hall–Kier alpha value is -6.76. The lowest BCUT2D eigenvalue weighted by molar-refractivity contribution is 0.414. The summed E-state index contributed by atoms with van der Waals surface area (Å²) < 4.78 is 21.5. The van der Waals surface area contributed by atoms with Crippen LogP contribution in [0.3, 0.4) is 0 Å². The molecule has 0 aromatic heterocycles. The molecule has 0 N–H and O–H groups in total. The molecule has 6 rings (SSSR count). The zero-order valence-corrected chi connectivity index (χ0v) is 28.4. The Morgan fingerprint density at radius 3 is 0.700 bits per heavy atom. The van der Waals surface area contributed by atoms with Gasteiger partial charge in [0, 0.05) is 45.3 Å². The fourth-order valence-corrected chi connectivity index (χ4v) is 5.41. The summed E-state index contributed by atoms with van der Waals surface area (Å²) in [6.45, 7) is 0. The highest BCUT2D eigenvalue weighted by molar-refractivity contribution is 5.78. The molecule has 0 unspecified atom stereocenters. The van der Waals surface area contributed by atoms with Crippen molar-refractivity contribution < 1.29 is 18.9 Å². The number of ether oxygens (including phenoxy) is 4. The third-order valence-corrected chi connectivity index (χ3v) is 8.05. The minimum Gasteiger partial charge on any atom is -0.497 e. The zero-order chi connectivity index (χ0) is 34.7. The van der Waals surface area contributed by atoms with Crippen molar-refractivity contribution in [2.24, 2.45) is 0 Å². The van der Waals surface area contributed by atoms with Gasteiger partial charge in [0.2, 0.25) is 0 Å². The van der Waals surface area contributed by atoms with E-state index in [0.717, 1.165) is 68.2 Å². The molecule has 0 radical (unpaired) electrons. The lowest BCUT2D eigenvalue weighted by atomic mass is 10.1. The van der Waals surface area contributed by atoms with E-state index in [-0.39, 0.29) is 0 Å². The lowest BCUT2D eigenvalue weighted by Gasteiger charge is -2.25. The molecule has 0 atom stereocenters. The van der Waals surface area contributed by atoms with Crippen LogP contribution in [0, 0.1) is 23.7 Å². The molecule has 50 heavy (non-hydrogen) atoms. The van der Waals surface area contributed by atoms with Crippen molar-refractivity contribution in [1.29, 1.82) is 0 Å². The number of hydrogen-bond acceptors (Lipinski definition) is 6. The smallest absolute Gasteiger partial charge is 0.119 e. The van der Waals surface area contributed by atoms with Crippen molar-refractivity contribution in [2.45, 2.75) is 0 Å². The van der Waals surface area contributed by atoms with Crippen molar-refractivity contribution in [2.75, 3.05) is 38.2 Å². The number of rotatable bonds is 10. The van der Waals surface area contributed by atoms with Crippen LogP contribution in [0.25, 0.3) is 0 Å². The largest absolute Gasteiger partial charge is 0.497 e. The van der Waals surface area contributed by atoms with Gasteiger partial charge in [0.25, 0.3) is 0 Å². The molecule has 0 amide bonds. The molecule has 0 heterocycles. The van der Waals surface area contributed by atoms with Gasteiger partial charge in [-0.05, 0) is 157 Å². The van der Waals surface area contributed by atoms with E-state index >= 15 is 0 Å². The Morgan fingerprint density at radius 2 is 0.500 bits per heavy atom. The van der Waals surface area contributed by atoms with E-state index in [4.69, 9.17) is 18.9 Å². The number of hydrogen-bond donors (Lipinski definition) is 0. The molecule has 6 aromatic rings. The van der Waals surface area contributed by atoms with Crippen LogP contribution in [-0.4, -0.2) is 28.4 Å². The molecule has 0 aliphatic rings. The fourth-order valence-electron chi connectivity index (χ4n) is 5.41. The van der Waals surface area contributed by atoms with Gasteiger partial charge in [0.1, 0.15) is 23.0 Å². The van der Waals surface area contributed by atoms with E-state index in [1.807, 2.05) is 121 Å². The molecule has 6 heteroatoms. The lowest BCUT2D eigenvalue weighted by Crippen LogP contribution is -2.09. The summed E-state index contributed by atoms with van der Waals surface area (Å²) in [6.07, 6.45) is 0. The average molecular weight is 657 g/mol. The molecular weight excluding hydrogens is 620 g/mol. The van der Waals surface area contributed by atoms with Crippen LogP contribution < -0.4 is 28.7 Å². The predicted molar refractivity (Wildman–Crippen MR) is 202 cm³/mol. The molecule has 6 aromatic carbocycles. The molecule has 0 bridgehead atoms. The molecule has 0 aliphatic carbocycles. The molecule has 246 valence electrons. The van der Waals surface area contributed by atoms with Crippen molar-refractivity contribution in [1.82, 2.24) is 0 Å². The van der Waals surface area contributed by atoms with Crippen molar-refractivity contribution >= 4 is 34.1 Å². The van der Waals surface area contributed by atoms with Gasteiger partial charge in [0.05, 0.1) is 28.4 Å². The maximum atomic E-state index is 5.37.